The maximum atomic E-state index is 11.5. The average Bonchev–Trinajstić information content (AvgIpc) is 2.94. The Hall–Kier alpha value is -2.75. The molecule has 0 aliphatic carbocycles. The minimum absolute atomic E-state index is 0.167. The Bertz CT molecular complexity index is 867. The molecule has 1 aliphatic rings. The summed E-state index contributed by atoms with van der Waals surface area (Å²) in [5, 5.41) is 12.7. The van der Waals surface area contributed by atoms with Gasteiger partial charge in [-0.1, -0.05) is 24.3 Å². The predicted molar refractivity (Wildman–Crippen MR) is 74.5 cm³/mol. The van der Waals surface area contributed by atoms with Crippen LogP contribution in [0.2, 0.25) is 0 Å². The van der Waals surface area contributed by atoms with Crippen LogP contribution in [0.5, 0.6) is 11.5 Å². The van der Waals surface area contributed by atoms with Gasteiger partial charge < -0.3 is 14.6 Å². The lowest BCUT2D eigenvalue weighted by molar-refractivity contribution is 0.0699. The van der Waals surface area contributed by atoms with Crippen molar-refractivity contribution in [3.05, 3.63) is 48.0 Å². The van der Waals surface area contributed by atoms with E-state index in [1.54, 1.807) is 18.2 Å². The van der Waals surface area contributed by atoms with Crippen LogP contribution in [0.3, 0.4) is 0 Å². The van der Waals surface area contributed by atoms with Crippen LogP contribution in [0, 0.1) is 0 Å². The van der Waals surface area contributed by atoms with Gasteiger partial charge in [-0.3, -0.25) is 0 Å². The van der Waals surface area contributed by atoms with Crippen molar-refractivity contribution in [1.29, 1.82) is 0 Å². The van der Waals surface area contributed by atoms with E-state index in [0.717, 1.165) is 16.2 Å². The summed E-state index contributed by atoms with van der Waals surface area (Å²) in [5.41, 5.74) is 0.275. The van der Waals surface area contributed by atoms with Gasteiger partial charge >= 0.3 is 5.97 Å². The minimum atomic E-state index is -0.945. The number of carbonyl (C=O) groups is 1. The molecule has 0 unspecified atom stereocenters. The number of rotatable bonds is 1. The van der Waals surface area contributed by atoms with Gasteiger partial charge in [-0.15, -0.1) is 0 Å². The molecule has 0 spiro atoms. The Labute approximate surface area is 114 Å². The summed E-state index contributed by atoms with van der Waals surface area (Å²) in [6.45, 7) is 0.167. The normalized spacial score (nSPS) is 13.0. The molecule has 4 heteroatoms. The number of aromatic carboxylic acids is 1. The molecule has 0 fully saturated rings. The molecule has 0 atom stereocenters. The second-order valence-electron chi connectivity index (χ2n) is 4.67. The zero-order valence-electron chi connectivity index (χ0n) is 10.4. The number of fused-ring (bicyclic) bond motifs is 5. The zero-order valence-corrected chi connectivity index (χ0v) is 10.4. The molecule has 1 N–H and O–H groups in total. The third kappa shape index (κ3) is 1.39. The number of carboxylic acids is 1. The first-order valence-electron chi connectivity index (χ1n) is 6.23. The van der Waals surface area contributed by atoms with Gasteiger partial charge in [-0.2, -0.15) is 0 Å². The maximum Gasteiger partial charge on any atom is 0.336 e. The van der Waals surface area contributed by atoms with Gasteiger partial charge in [0.05, 0.1) is 5.56 Å². The SMILES string of the molecule is O=C(O)c1cc2ccccc2c2c3c(ccc12)OCO3. The summed E-state index contributed by atoms with van der Waals surface area (Å²) >= 11 is 0. The zero-order chi connectivity index (χ0) is 13.7. The Morgan fingerprint density at radius 2 is 1.90 bits per heavy atom. The number of hydrogen-bond donors (Lipinski definition) is 1. The van der Waals surface area contributed by atoms with Crippen LogP contribution in [-0.2, 0) is 0 Å². The maximum absolute atomic E-state index is 11.5. The molecule has 20 heavy (non-hydrogen) atoms. The van der Waals surface area contributed by atoms with E-state index in [1.807, 2.05) is 24.3 Å². The number of hydrogen-bond acceptors (Lipinski definition) is 3. The summed E-state index contributed by atoms with van der Waals surface area (Å²) in [6.07, 6.45) is 0. The topological polar surface area (TPSA) is 55.8 Å². The molecule has 0 aromatic heterocycles. The van der Waals surface area contributed by atoms with Crippen LogP contribution in [0.25, 0.3) is 21.5 Å². The lowest BCUT2D eigenvalue weighted by Crippen LogP contribution is -1.98. The van der Waals surface area contributed by atoms with Crippen molar-refractivity contribution in [2.75, 3.05) is 6.79 Å². The highest BCUT2D eigenvalue weighted by atomic mass is 16.7. The second kappa shape index (κ2) is 3.87. The molecule has 0 amide bonds. The van der Waals surface area contributed by atoms with Crippen LogP contribution in [0.1, 0.15) is 10.4 Å². The first-order valence-corrected chi connectivity index (χ1v) is 6.23. The van der Waals surface area contributed by atoms with Crippen molar-refractivity contribution in [1.82, 2.24) is 0 Å². The van der Waals surface area contributed by atoms with Gasteiger partial charge in [0.2, 0.25) is 6.79 Å². The smallest absolute Gasteiger partial charge is 0.336 e. The van der Waals surface area contributed by atoms with Gasteiger partial charge in [0, 0.05) is 10.8 Å². The van der Waals surface area contributed by atoms with E-state index in [4.69, 9.17) is 9.47 Å². The standard InChI is InChI=1S/C16H10O4/c17-16(18)12-7-9-3-1-2-4-10(9)14-11(12)5-6-13-15(14)20-8-19-13/h1-7H,8H2,(H,17,18). The van der Waals surface area contributed by atoms with Gasteiger partial charge in [0.15, 0.2) is 11.5 Å². The monoisotopic (exact) mass is 266 g/mol. The second-order valence-corrected chi connectivity index (χ2v) is 4.67. The van der Waals surface area contributed by atoms with Crippen LogP contribution >= 0.6 is 0 Å². The molecule has 0 radical (unpaired) electrons. The van der Waals surface area contributed by atoms with Crippen molar-refractivity contribution in [3.63, 3.8) is 0 Å². The van der Waals surface area contributed by atoms with Crippen molar-refractivity contribution in [2.24, 2.45) is 0 Å². The lowest BCUT2D eigenvalue weighted by atomic mass is 9.96. The third-order valence-electron chi connectivity index (χ3n) is 3.59. The molecule has 4 rings (SSSR count). The third-order valence-corrected chi connectivity index (χ3v) is 3.59. The highest BCUT2D eigenvalue weighted by Gasteiger charge is 2.21. The van der Waals surface area contributed by atoms with Gasteiger partial charge in [0.25, 0.3) is 0 Å². The Morgan fingerprint density at radius 3 is 2.75 bits per heavy atom. The van der Waals surface area contributed by atoms with E-state index in [1.165, 1.54) is 0 Å². The first-order chi connectivity index (χ1) is 9.75. The highest BCUT2D eigenvalue weighted by Crippen LogP contribution is 2.43. The van der Waals surface area contributed by atoms with Crippen molar-refractivity contribution < 1.29 is 19.4 Å². The van der Waals surface area contributed by atoms with Crippen LogP contribution < -0.4 is 9.47 Å². The number of carboxylic acid groups (broad SMARTS) is 1. The van der Waals surface area contributed by atoms with Gasteiger partial charge in [0.1, 0.15) is 0 Å². The van der Waals surface area contributed by atoms with E-state index in [9.17, 15) is 9.90 Å². The highest BCUT2D eigenvalue weighted by molar-refractivity contribution is 6.18. The molecule has 1 heterocycles. The van der Waals surface area contributed by atoms with E-state index in [0.29, 0.717) is 16.9 Å². The fourth-order valence-corrected chi connectivity index (χ4v) is 2.72. The lowest BCUT2D eigenvalue weighted by Gasteiger charge is -2.10. The summed E-state index contributed by atoms with van der Waals surface area (Å²) in [6, 6.07) is 12.9. The first kappa shape index (κ1) is 11.1. The molecular weight excluding hydrogens is 256 g/mol. The Kier molecular flexibility index (Phi) is 2.15. The largest absolute Gasteiger partial charge is 0.478 e. The van der Waals surface area contributed by atoms with Crippen LogP contribution in [0.15, 0.2) is 42.5 Å². The van der Waals surface area contributed by atoms with Crippen molar-refractivity contribution >= 4 is 27.5 Å². The number of benzene rings is 3. The molecule has 4 nitrogen and oxygen atoms in total. The van der Waals surface area contributed by atoms with E-state index >= 15 is 0 Å². The molecule has 1 aliphatic heterocycles. The summed E-state index contributed by atoms with van der Waals surface area (Å²) in [4.78, 5) is 11.5. The molecular formula is C16H10O4. The fraction of sp³-hybridized carbons (Fsp3) is 0.0625. The fourth-order valence-electron chi connectivity index (χ4n) is 2.72. The number of ether oxygens (including phenoxy) is 2. The van der Waals surface area contributed by atoms with Gasteiger partial charge in [-0.25, -0.2) is 4.79 Å². The molecule has 98 valence electrons. The predicted octanol–water partition coefficient (Wildman–Crippen LogP) is 3.42. The molecule has 0 saturated heterocycles. The summed E-state index contributed by atoms with van der Waals surface area (Å²) in [5.74, 6) is 0.339. The quantitative estimate of drug-likeness (QED) is 0.686. The summed E-state index contributed by atoms with van der Waals surface area (Å²) in [7, 11) is 0. The van der Waals surface area contributed by atoms with Gasteiger partial charge in [-0.05, 0) is 29.0 Å². The Morgan fingerprint density at radius 1 is 1.05 bits per heavy atom. The van der Waals surface area contributed by atoms with E-state index in [-0.39, 0.29) is 12.4 Å². The molecule has 3 aromatic carbocycles. The van der Waals surface area contributed by atoms with Crippen molar-refractivity contribution in [3.8, 4) is 11.5 Å². The van der Waals surface area contributed by atoms with Crippen molar-refractivity contribution in [2.45, 2.75) is 0 Å². The summed E-state index contributed by atoms with van der Waals surface area (Å²) < 4.78 is 10.9. The molecule has 3 aromatic rings. The molecule has 0 bridgehead atoms. The van der Waals surface area contributed by atoms with Crippen LogP contribution in [0.4, 0.5) is 0 Å². The van der Waals surface area contributed by atoms with E-state index < -0.39 is 5.97 Å². The average molecular weight is 266 g/mol. The van der Waals surface area contributed by atoms with Crippen LogP contribution in [-0.4, -0.2) is 17.9 Å². The molecule has 0 saturated carbocycles. The minimum Gasteiger partial charge on any atom is -0.478 e. The Balaban J connectivity index is 2.28. The van der Waals surface area contributed by atoms with E-state index in [2.05, 4.69) is 0 Å².